The predicted molar refractivity (Wildman–Crippen MR) is 107 cm³/mol. The molecule has 3 aromatic rings. The summed E-state index contributed by atoms with van der Waals surface area (Å²) >= 11 is 0. The minimum absolute atomic E-state index is 0.167. The van der Waals surface area contributed by atoms with Gasteiger partial charge in [0.15, 0.2) is 0 Å². The van der Waals surface area contributed by atoms with E-state index in [1.807, 2.05) is 36.4 Å². The van der Waals surface area contributed by atoms with Crippen LogP contribution in [0, 0.1) is 5.92 Å². The molecule has 2 aliphatic heterocycles. The Morgan fingerprint density at radius 2 is 1.67 bits per heavy atom. The highest BCUT2D eigenvalue weighted by molar-refractivity contribution is 5.57. The Morgan fingerprint density at radius 1 is 0.852 bits per heavy atom. The first kappa shape index (κ1) is 16.4. The fourth-order valence-electron chi connectivity index (χ4n) is 4.34. The van der Waals surface area contributed by atoms with E-state index >= 15 is 0 Å². The first-order valence-corrected chi connectivity index (χ1v) is 9.68. The average Bonchev–Trinajstić information content (AvgIpc) is 2.74. The molecule has 1 saturated heterocycles. The van der Waals surface area contributed by atoms with Crippen LogP contribution in [0.2, 0.25) is 0 Å². The van der Waals surface area contributed by atoms with Gasteiger partial charge in [-0.3, -0.25) is 0 Å². The van der Waals surface area contributed by atoms with Crippen LogP contribution in [0.5, 0.6) is 11.5 Å². The van der Waals surface area contributed by atoms with Crippen LogP contribution in [0.3, 0.4) is 0 Å². The van der Waals surface area contributed by atoms with Gasteiger partial charge in [-0.05, 0) is 48.7 Å². The van der Waals surface area contributed by atoms with Crippen molar-refractivity contribution in [2.24, 2.45) is 5.92 Å². The monoisotopic (exact) mass is 357 g/mol. The van der Waals surface area contributed by atoms with Crippen LogP contribution in [0.4, 0.5) is 5.69 Å². The highest BCUT2D eigenvalue weighted by Gasteiger charge is 2.39. The number of para-hydroxylation sites is 2. The van der Waals surface area contributed by atoms with Crippen molar-refractivity contribution in [1.29, 1.82) is 0 Å². The maximum absolute atomic E-state index is 6.21. The zero-order valence-electron chi connectivity index (χ0n) is 15.2. The summed E-state index contributed by atoms with van der Waals surface area (Å²) in [5, 5.41) is 3.77. The average molecular weight is 357 g/mol. The van der Waals surface area contributed by atoms with E-state index in [0.29, 0.717) is 5.92 Å². The zero-order chi connectivity index (χ0) is 18.1. The first-order valence-electron chi connectivity index (χ1n) is 9.68. The Bertz CT molecular complexity index is 924. The maximum Gasteiger partial charge on any atom is 0.127 e. The molecule has 27 heavy (non-hydrogen) atoms. The lowest BCUT2D eigenvalue weighted by Crippen LogP contribution is -2.35. The van der Waals surface area contributed by atoms with Crippen LogP contribution in [-0.2, 0) is 4.74 Å². The number of hydrogen-bond acceptors (Lipinski definition) is 3. The molecule has 2 heterocycles. The zero-order valence-corrected chi connectivity index (χ0v) is 15.2. The van der Waals surface area contributed by atoms with Crippen LogP contribution in [0.1, 0.15) is 36.1 Å². The molecule has 1 fully saturated rings. The van der Waals surface area contributed by atoms with Crippen molar-refractivity contribution in [2.75, 3.05) is 11.9 Å². The van der Waals surface area contributed by atoms with E-state index in [1.165, 1.54) is 23.2 Å². The minimum atomic E-state index is 0.167. The predicted octanol–water partition coefficient (Wildman–Crippen LogP) is 6.11. The van der Waals surface area contributed by atoms with Crippen molar-refractivity contribution in [1.82, 2.24) is 0 Å². The van der Waals surface area contributed by atoms with Crippen molar-refractivity contribution < 1.29 is 9.47 Å². The molecule has 3 nitrogen and oxygen atoms in total. The number of benzene rings is 3. The molecule has 3 atom stereocenters. The van der Waals surface area contributed by atoms with Crippen LogP contribution in [0.25, 0.3) is 0 Å². The standard InChI is InChI=1S/C24H23NO2/c1-2-9-18(10-3-1)27-19-11-6-8-17(16-19)23-21-13-7-15-26-24(21)20-12-4-5-14-22(20)25-23/h1-6,8-12,14,16,21,23-25H,7,13,15H2/t21-,23-,24+/m1/s1. The topological polar surface area (TPSA) is 30.5 Å². The Hall–Kier alpha value is -2.78. The van der Waals surface area contributed by atoms with Crippen molar-refractivity contribution in [3.63, 3.8) is 0 Å². The lowest BCUT2D eigenvalue weighted by atomic mass is 9.77. The van der Waals surface area contributed by atoms with Crippen molar-refractivity contribution >= 4 is 5.69 Å². The molecule has 3 heteroatoms. The summed E-state index contributed by atoms with van der Waals surface area (Å²) < 4.78 is 12.3. The van der Waals surface area contributed by atoms with Gasteiger partial charge >= 0.3 is 0 Å². The summed E-state index contributed by atoms with van der Waals surface area (Å²) in [5.41, 5.74) is 3.72. The SMILES string of the molecule is c1ccc(Oc2cccc([C@H]3Nc4ccccc4[C@@H]4OCCC[C@H]34)c2)cc1. The first-order chi connectivity index (χ1) is 13.4. The van der Waals surface area contributed by atoms with Crippen molar-refractivity contribution in [3.8, 4) is 11.5 Å². The number of anilines is 1. The lowest BCUT2D eigenvalue weighted by Gasteiger charge is -2.43. The third-order valence-corrected chi connectivity index (χ3v) is 5.57. The number of hydrogen-bond donors (Lipinski definition) is 1. The fraction of sp³-hybridized carbons (Fsp3) is 0.250. The molecule has 0 spiro atoms. The van der Waals surface area contributed by atoms with Gasteiger partial charge in [-0.1, -0.05) is 48.5 Å². The number of ether oxygens (including phenoxy) is 2. The summed E-state index contributed by atoms with van der Waals surface area (Å²) in [6.07, 6.45) is 2.45. The Labute approximate surface area is 160 Å². The van der Waals surface area contributed by atoms with E-state index in [1.54, 1.807) is 0 Å². The van der Waals surface area contributed by atoms with E-state index in [0.717, 1.165) is 24.5 Å². The van der Waals surface area contributed by atoms with Gasteiger partial charge in [0, 0.05) is 23.8 Å². The van der Waals surface area contributed by atoms with Gasteiger partial charge in [-0.2, -0.15) is 0 Å². The van der Waals surface area contributed by atoms with Gasteiger partial charge in [0.1, 0.15) is 11.5 Å². The van der Waals surface area contributed by atoms with Crippen LogP contribution < -0.4 is 10.1 Å². The molecule has 0 radical (unpaired) electrons. The second kappa shape index (κ2) is 7.09. The molecule has 1 N–H and O–H groups in total. The van der Waals surface area contributed by atoms with Crippen molar-refractivity contribution in [2.45, 2.75) is 25.0 Å². The molecule has 0 aromatic heterocycles. The molecule has 0 bridgehead atoms. The molecule has 0 aliphatic carbocycles. The third kappa shape index (κ3) is 3.19. The maximum atomic E-state index is 6.21. The van der Waals surface area contributed by atoms with E-state index in [4.69, 9.17) is 9.47 Å². The number of fused-ring (bicyclic) bond motifs is 3. The smallest absolute Gasteiger partial charge is 0.127 e. The molecule has 0 amide bonds. The van der Waals surface area contributed by atoms with Gasteiger partial charge in [0.2, 0.25) is 0 Å². The number of rotatable bonds is 3. The van der Waals surface area contributed by atoms with Gasteiger partial charge in [0.05, 0.1) is 12.1 Å². The summed E-state index contributed by atoms with van der Waals surface area (Å²) in [6.45, 7) is 0.847. The Kier molecular flexibility index (Phi) is 4.30. The molecule has 0 saturated carbocycles. The highest BCUT2D eigenvalue weighted by atomic mass is 16.5. The molecule has 0 unspecified atom stereocenters. The quantitative estimate of drug-likeness (QED) is 0.613. The van der Waals surface area contributed by atoms with E-state index in [9.17, 15) is 0 Å². The van der Waals surface area contributed by atoms with Crippen molar-refractivity contribution in [3.05, 3.63) is 90.0 Å². The van der Waals surface area contributed by atoms with Gasteiger partial charge in [0.25, 0.3) is 0 Å². The summed E-state index contributed by atoms with van der Waals surface area (Å²) in [6, 6.07) is 27.1. The van der Waals surface area contributed by atoms with E-state index < -0.39 is 0 Å². The minimum Gasteiger partial charge on any atom is -0.457 e. The molecular weight excluding hydrogens is 334 g/mol. The van der Waals surface area contributed by atoms with Crippen LogP contribution >= 0.6 is 0 Å². The summed E-state index contributed by atoms with van der Waals surface area (Å²) in [4.78, 5) is 0. The third-order valence-electron chi connectivity index (χ3n) is 5.57. The molecule has 5 rings (SSSR count). The largest absolute Gasteiger partial charge is 0.457 e. The summed E-state index contributed by atoms with van der Waals surface area (Å²) in [7, 11) is 0. The van der Waals surface area contributed by atoms with Gasteiger partial charge in [-0.15, -0.1) is 0 Å². The van der Waals surface area contributed by atoms with Gasteiger partial charge < -0.3 is 14.8 Å². The molecule has 2 aliphatic rings. The number of nitrogens with one attached hydrogen (secondary N) is 1. The highest BCUT2D eigenvalue weighted by Crippen LogP contribution is 2.49. The summed E-state index contributed by atoms with van der Waals surface area (Å²) in [5.74, 6) is 2.16. The lowest BCUT2D eigenvalue weighted by molar-refractivity contribution is -0.0381. The Morgan fingerprint density at radius 3 is 2.59 bits per heavy atom. The second-order valence-corrected chi connectivity index (χ2v) is 7.29. The van der Waals surface area contributed by atoms with E-state index in [-0.39, 0.29) is 12.1 Å². The molecular formula is C24H23NO2. The van der Waals surface area contributed by atoms with Crippen LogP contribution in [0.15, 0.2) is 78.9 Å². The molecule has 3 aromatic carbocycles. The fourth-order valence-corrected chi connectivity index (χ4v) is 4.34. The second-order valence-electron chi connectivity index (χ2n) is 7.29. The van der Waals surface area contributed by atoms with E-state index in [2.05, 4.69) is 47.8 Å². The van der Waals surface area contributed by atoms with Crippen LogP contribution in [-0.4, -0.2) is 6.61 Å². The molecule has 136 valence electrons. The Balaban J connectivity index is 1.48. The van der Waals surface area contributed by atoms with Gasteiger partial charge in [-0.25, -0.2) is 0 Å². The normalized spacial score (nSPS) is 23.6.